The highest BCUT2D eigenvalue weighted by Crippen LogP contribution is 2.26. The van der Waals surface area contributed by atoms with Gasteiger partial charge < -0.3 is 10.1 Å². The molecular weight excluding hydrogens is 326 g/mol. The normalized spacial score (nSPS) is 10.8. The van der Waals surface area contributed by atoms with Crippen LogP contribution in [-0.4, -0.2) is 25.8 Å². The number of methoxy groups -OCH3 is 1. The molecule has 0 radical (unpaired) electrons. The Balaban J connectivity index is 1.65. The second-order valence-corrected chi connectivity index (χ2v) is 5.92. The summed E-state index contributed by atoms with van der Waals surface area (Å²) in [5, 5.41) is 9.25. The molecule has 3 rings (SSSR count). The molecule has 5 nitrogen and oxygen atoms in total. The molecule has 0 atom stereocenters. The molecule has 0 saturated heterocycles. The maximum atomic E-state index is 12.0. The summed E-state index contributed by atoms with van der Waals surface area (Å²) in [6.07, 6.45) is 1.62. The Morgan fingerprint density at radius 1 is 1.08 bits per heavy atom. The van der Waals surface area contributed by atoms with E-state index in [1.807, 2.05) is 67.6 Å². The van der Waals surface area contributed by atoms with Crippen LogP contribution in [0.15, 0.2) is 65.8 Å². The minimum atomic E-state index is -0.221. The van der Waals surface area contributed by atoms with Crippen molar-refractivity contribution < 1.29 is 9.53 Å². The number of fused-ring (bicyclic) bond motifs is 1. The molecule has 0 saturated carbocycles. The number of ether oxygens (including phenoxy) is 1. The third kappa shape index (κ3) is 4.19. The van der Waals surface area contributed by atoms with Gasteiger partial charge in [0.1, 0.15) is 5.75 Å². The third-order valence-corrected chi connectivity index (χ3v) is 4.04. The SMILES string of the molecule is COc1ccc2ccccc2c1/C=N/NC(=O)CNc1ccc(C)cc1. The van der Waals surface area contributed by atoms with Crippen molar-refractivity contribution in [1.82, 2.24) is 5.43 Å². The number of benzene rings is 3. The van der Waals surface area contributed by atoms with Crippen molar-refractivity contribution in [3.05, 3.63) is 71.8 Å². The summed E-state index contributed by atoms with van der Waals surface area (Å²) in [5.41, 5.74) is 5.44. The Kier molecular flexibility index (Phi) is 5.49. The maximum absolute atomic E-state index is 12.0. The largest absolute Gasteiger partial charge is 0.496 e. The number of nitrogens with one attached hydrogen (secondary N) is 2. The van der Waals surface area contributed by atoms with E-state index in [1.165, 1.54) is 5.56 Å². The van der Waals surface area contributed by atoms with Crippen LogP contribution >= 0.6 is 0 Å². The van der Waals surface area contributed by atoms with Crippen LogP contribution in [-0.2, 0) is 4.79 Å². The molecule has 0 bridgehead atoms. The summed E-state index contributed by atoms with van der Waals surface area (Å²) < 4.78 is 5.41. The maximum Gasteiger partial charge on any atom is 0.259 e. The van der Waals surface area contributed by atoms with Crippen molar-refractivity contribution in [3.8, 4) is 5.75 Å². The van der Waals surface area contributed by atoms with Crippen molar-refractivity contribution in [2.45, 2.75) is 6.92 Å². The summed E-state index contributed by atoms with van der Waals surface area (Å²) in [6.45, 7) is 2.17. The van der Waals surface area contributed by atoms with Crippen molar-refractivity contribution in [2.24, 2.45) is 5.10 Å². The lowest BCUT2D eigenvalue weighted by Gasteiger charge is -2.08. The van der Waals surface area contributed by atoms with Crippen LogP contribution in [0.3, 0.4) is 0 Å². The fourth-order valence-electron chi connectivity index (χ4n) is 2.65. The molecule has 0 unspecified atom stereocenters. The molecule has 0 aromatic heterocycles. The second-order valence-electron chi connectivity index (χ2n) is 5.92. The van der Waals surface area contributed by atoms with Crippen molar-refractivity contribution in [3.63, 3.8) is 0 Å². The van der Waals surface area contributed by atoms with Gasteiger partial charge in [-0.25, -0.2) is 5.43 Å². The molecule has 0 aliphatic carbocycles. The molecule has 26 heavy (non-hydrogen) atoms. The first-order chi connectivity index (χ1) is 12.7. The smallest absolute Gasteiger partial charge is 0.259 e. The number of carbonyl (C=O) groups is 1. The molecule has 3 aromatic carbocycles. The summed E-state index contributed by atoms with van der Waals surface area (Å²) in [6, 6.07) is 19.7. The topological polar surface area (TPSA) is 62.7 Å². The summed E-state index contributed by atoms with van der Waals surface area (Å²) >= 11 is 0. The van der Waals surface area contributed by atoms with Gasteiger partial charge in [0.2, 0.25) is 0 Å². The van der Waals surface area contributed by atoms with Gasteiger partial charge in [0.25, 0.3) is 5.91 Å². The summed E-state index contributed by atoms with van der Waals surface area (Å²) in [4.78, 5) is 12.0. The third-order valence-electron chi connectivity index (χ3n) is 4.04. The monoisotopic (exact) mass is 347 g/mol. The van der Waals surface area contributed by atoms with Crippen LogP contribution in [0.2, 0.25) is 0 Å². The zero-order valence-corrected chi connectivity index (χ0v) is 14.8. The number of hydrazone groups is 1. The van der Waals surface area contributed by atoms with Gasteiger partial charge in [0.05, 0.1) is 19.9 Å². The van der Waals surface area contributed by atoms with Crippen LogP contribution in [0.1, 0.15) is 11.1 Å². The van der Waals surface area contributed by atoms with Crippen molar-refractivity contribution in [1.29, 1.82) is 0 Å². The first kappa shape index (κ1) is 17.5. The lowest BCUT2D eigenvalue weighted by atomic mass is 10.0. The van der Waals surface area contributed by atoms with Gasteiger partial charge in [-0.3, -0.25) is 4.79 Å². The fraction of sp³-hybridized carbons (Fsp3) is 0.143. The van der Waals surface area contributed by atoms with Gasteiger partial charge >= 0.3 is 0 Å². The molecule has 2 N–H and O–H groups in total. The van der Waals surface area contributed by atoms with Crippen LogP contribution in [0.5, 0.6) is 5.75 Å². The van der Waals surface area contributed by atoms with E-state index in [2.05, 4.69) is 15.8 Å². The Bertz CT molecular complexity index is 934. The molecule has 1 amide bonds. The Hall–Kier alpha value is -3.34. The highest BCUT2D eigenvalue weighted by atomic mass is 16.5. The Labute approximate surface area is 152 Å². The Morgan fingerprint density at radius 2 is 1.85 bits per heavy atom. The molecule has 5 heteroatoms. The first-order valence-corrected chi connectivity index (χ1v) is 8.35. The van der Waals surface area contributed by atoms with E-state index in [0.717, 1.165) is 22.0 Å². The zero-order chi connectivity index (χ0) is 18.4. The van der Waals surface area contributed by atoms with Gasteiger partial charge in [0, 0.05) is 11.3 Å². The second kappa shape index (κ2) is 8.16. The number of aryl methyl sites for hydroxylation is 1. The Morgan fingerprint density at radius 3 is 2.62 bits per heavy atom. The lowest BCUT2D eigenvalue weighted by molar-refractivity contribution is -0.119. The van der Waals surface area contributed by atoms with Crippen LogP contribution < -0.4 is 15.5 Å². The molecule has 3 aromatic rings. The summed E-state index contributed by atoms with van der Waals surface area (Å²) in [5.74, 6) is 0.487. The molecule has 0 spiro atoms. The predicted octanol–water partition coefficient (Wildman–Crippen LogP) is 3.72. The number of amides is 1. The van der Waals surface area contributed by atoms with E-state index in [9.17, 15) is 4.79 Å². The number of hydrogen-bond donors (Lipinski definition) is 2. The number of hydrogen-bond acceptors (Lipinski definition) is 4. The quantitative estimate of drug-likeness (QED) is 0.528. The van der Waals surface area contributed by atoms with Gasteiger partial charge in [-0.2, -0.15) is 5.10 Å². The fourth-order valence-corrected chi connectivity index (χ4v) is 2.65. The van der Waals surface area contributed by atoms with Crippen molar-refractivity contribution in [2.75, 3.05) is 19.0 Å². The first-order valence-electron chi connectivity index (χ1n) is 8.35. The van der Waals surface area contributed by atoms with E-state index in [-0.39, 0.29) is 12.5 Å². The minimum absolute atomic E-state index is 0.146. The lowest BCUT2D eigenvalue weighted by Crippen LogP contribution is -2.25. The zero-order valence-electron chi connectivity index (χ0n) is 14.8. The number of rotatable bonds is 6. The predicted molar refractivity (Wildman–Crippen MR) is 106 cm³/mol. The van der Waals surface area contributed by atoms with Gasteiger partial charge in [-0.05, 0) is 35.9 Å². The summed E-state index contributed by atoms with van der Waals surface area (Å²) in [7, 11) is 1.62. The molecule has 0 heterocycles. The van der Waals surface area contributed by atoms with E-state index in [4.69, 9.17) is 4.74 Å². The van der Waals surface area contributed by atoms with Gasteiger partial charge in [-0.1, -0.05) is 48.0 Å². The number of nitrogens with zero attached hydrogens (tertiary/aromatic N) is 1. The molecule has 0 fully saturated rings. The highest BCUT2D eigenvalue weighted by Gasteiger charge is 2.06. The molecule has 0 aliphatic heterocycles. The van der Waals surface area contributed by atoms with Gasteiger partial charge in [-0.15, -0.1) is 0 Å². The van der Waals surface area contributed by atoms with Crippen LogP contribution in [0, 0.1) is 6.92 Å². The minimum Gasteiger partial charge on any atom is -0.496 e. The van der Waals surface area contributed by atoms with Crippen molar-refractivity contribution >= 4 is 28.6 Å². The van der Waals surface area contributed by atoms with Gasteiger partial charge in [0.15, 0.2) is 0 Å². The van der Waals surface area contributed by atoms with E-state index in [1.54, 1.807) is 13.3 Å². The molecule has 132 valence electrons. The van der Waals surface area contributed by atoms with E-state index < -0.39 is 0 Å². The highest BCUT2D eigenvalue weighted by molar-refractivity contribution is 6.02. The number of anilines is 1. The van der Waals surface area contributed by atoms with E-state index in [0.29, 0.717) is 5.75 Å². The van der Waals surface area contributed by atoms with Crippen LogP contribution in [0.4, 0.5) is 5.69 Å². The standard InChI is InChI=1S/C21H21N3O2/c1-15-7-10-17(11-8-15)22-14-21(25)24-23-13-19-18-6-4-3-5-16(18)9-12-20(19)26-2/h3-13,22H,14H2,1-2H3,(H,24,25)/b23-13+. The van der Waals surface area contributed by atoms with Crippen LogP contribution in [0.25, 0.3) is 10.8 Å². The average Bonchev–Trinajstić information content (AvgIpc) is 2.67. The van der Waals surface area contributed by atoms with E-state index >= 15 is 0 Å². The molecule has 0 aliphatic rings. The number of carbonyl (C=O) groups excluding carboxylic acids is 1. The molecular formula is C21H21N3O2. The average molecular weight is 347 g/mol.